The number of hydrogen-bond acceptors (Lipinski definition) is 3. The van der Waals surface area contributed by atoms with Crippen LogP contribution in [0.1, 0.15) is 46.5 Å². The number of nitrogens with one attached hydrogen (secondary N) is 1. The minimum Gasteiger partial charge on any atom is -0.375 e. The van der Waals surface area contributed by atoms with Crippen molar-refractivity contribution in [2.24, 2.45) is 5.92 Å². The zero-order valence-electron chi connectivity index (χ0n) is 12.3. The van der Waals surface area contributed by atoms with Crippen molar-refractivity contribution >= 4 is 0 Å². The van der Waals surface area contributed by atoms with Crippen LogP contribution in [-0.4, -0.2) is 49.3 Å². The Hall–Kier alpha value is -0.120. The molecule has 3 heteroatoms. The van der Waals surface area contributed by atoms with Gasteiger partial charge in [0.25, 0.3) is 0 Å². The first-order valence-electron chi connectivity index (χ1n) is 7.76. The second kappa shape index (κ2) is 6.88. The topological polar surface area (TPSA) is 24.5 Å². The monoisotopic (exact) mass is 254 g/mol. The molecule has 0 aromatic heterocycles. The van der Waals surface area contributed by atoms with E-state index < -0.39 is 0 Å². The van der Waals surface area contributed by atoms with Gasteiger partial charge in [0, 0.05) is 25.2 Å². The molecule has 3 atom stereocenters. The molecular weight excluding hydrogens is 224 g/mol. The van der Waals surface area contributed by atoms with Crippen molar-refractivity contribution in [2.45, 2.75) is 64.6 Å². The van der Waals surface area contributed by atoms with E-state index in [1.165, 1.54) is 32.2 Å². The first-order chi connectivity index (χ1) is 8.66. The van der Waals surface area contributed by atoms with E-state index in [0.717, 1.165) is 25.6 Å². The van der Waals surface area contributed by atoms with Crippen LogP contribution in [0.25, 0.3) is 0 Å². The van der Waals surface area contributed by atoms with Gasteiger partial charge in [-0.2, -0.15) is 0 Å². The predicted molar refractivity (Wildman–Crippen MR) is 75.9 cm³/mol. The number of hydrogen-bond donors (Lipinski definition) is 1. The van der Waals surface area contributed by atoms with Crippen molar-refractivity contribution in [1.82, 2.24) is 10.2 Å². The Morgan fingerprint density at radius 2 is 2.00 bits per heavy atom. The molecule has 0 radical (unpaired) electrons. The minimum atomic E-state index is 0.526. The molecule has 0 aromatic carbocycles. The molecule has 1 aliphatic heterocycles. The number of rotatable bonds is 5. The number of fused-ring (bicyclic) bond motifs is 1. The van der Waals surface area contributed by atoms with Crippen LogP contribution >= 0.6 is 0 Å². The van der Waals surface area contributed by atoms with Crippen molar-refractivity contribution in [3.05, 3.63) is 0 Å². The molecule has 2 fully saturated rings. The zero-order valence-corrected chi connectivity index (χ0v) is 12.3. The summed E-state index contributed by atoms with van der Waals surface area (Å²) in [5.74, 6) is 0.730. The highest BCUT2D eigenvalue weighted by Gasteiger charge is 2.34. The Balaban J connectivity index is 1.79. The summed E-state index contributed by atoms with van der Waals surface area (Å²) in [6.45, 7) is 11.2. The lowest BCUT2D eigenvalue weighted by Crippen LogP contribution is -2.54. The van der Waals surface area contributed by atoms with Gasteiger partial charge < -0.3 is 10.1 Å². The van der Waals surface area contributed by atoms with Crippen molar-refractivity contribution in [3.8, 4) is 0 Å². The SMILES string of the molecule is CC(CNC(C)C)CN1CCOC2CCCCC21. The van der Waals surface area contributed by atoms with E-state index in [1.807, 2.05) is 0 Å². The molecule has 1 aliphatic carbocycles. The molecule has 0 aromatic rings. The standard InChI is InChI=1S/C15H30N2O/c1-12(2)16-10-13(3)11-17-8-9-18-15-7-5-4-6-14(15)17/h12-16H,4-11H2,1-3H3. The van der Waals surface area contributed by atoms with E-state index in [9.17, 15) is 0 Å². The van der Waals surface area contributed by atoms with Crippen molar-refractivity contribution in [2.75, 3.05) is 26.2 Å². The van der Waals surface area contributed by atoms with E-state index >= 15 is 0 Å². The average Bonchev–Trinajstić information content (AvgIpc) is 2.37. The molecule has 0 bridgehead atoms. The number of nitrogens with zero attached hydrogens (tertiary/aromatic N) is 1. The van der Waals surface area contributed by atoms with Gasteiger partial charge in [-0.1, -0.05) is 33.6 Å². The lowest BCUT2D eigenvalue weighted by Gasteiger charge is -2.44. The molecule has 1 N–H and O–H groups in total. The van der Waals surface area contributed by atoms with Crippen molar-refractivity contribution in [3.63, 3.8) is 0 Å². The Bertz CT molecular complexity index is 243. The van der Waals surface area contributed by atoms with E-state index in [0.29, 0.717) is 18.2 Å². The second-order valence-electron chi connectivity index (χ2n) is 6.42. The highest BCUT2D eigenvalue weighted by Crippen LogP contribution is 2.28. The average molecular weight is 254 g/mol. The van der Waals surface area contributed by atoms with Crippen LogP contribution in [0.15, 0.2) is 0 Å². The lowest BCUT2D eigenvalue weighted by molar-refractivity contribution is -0.0913. The van der Waals surface area contributed by atoms with Gasteiger partial charge in [-0.15, -0.1) is 0 Å². The van der Waals surface area contributed by atoms with Crippen LogP contribution in [0.2, 0.25) is 0 Å². The summed E-state index contributed by atoms with van der Waals surface area (Å²) in [7, 11) is 0. The van der Waals surface area contributed by atoms with Crippen LogP contribution in [0.5, 0.6) is 0 Å². The summed E-state index contributed by atoms with van der Waals surface area (Å²) in [6, 6.07) is 1.30. The third-order valence-corrected chi connectivity index (χ3v) is 4.27. The first-order valence-corrected chi connectivity index (χ1v) is 7.76. The molecule has 2 rings (SSSR count). The summed E-state index contributed by atoms with van der Waals surface area (Å²) >= 11 is 0. The van der Waals surface area contributed by atoms with Gasteiger partial charge in [0.2, 0.25) is 0 Å². The summed E-state index contributed by atoms with van der Waals surface area (Å²) in [4.78, 5) is 2.69. The molecule has 3 unspecified atom stereocenters. The normalized spacial score (nSPS) is 31.3. The third kappa shape index (κ3) is 3.94. The number of morpholine rings is 1. The zero-order chi connectivity index (χ0) is 13.0. The van der Waals surface area contributed by atoms with E-state index in [1.54, 1.807) is 0 Å². The largest absolute Gasteiger partial charge is 0.375 e. The summed E-state index contributed by atoms with van der Waals surface area (Å²) in [6.07, 6.45) is 5.89. The fourth-order valence-corrected chi connectivity index (χ4v) is 3.31. The minimum absolute atomic E-state index is 0.526. The van der Waals surface area contributed by atoms with Crippen LogP contribution in [0.4, 0.5) is 0 Å². The van der Waals surface area contributed by atoms with Crippen LogP contribution in [-0.2, 0) is 4.74 Å². The van der Waals surface area contributed by atoms with Gasteiger partial charge in [-0.25, -0.2) is 0 Å². The van der Waals surface area contributed by atoms with Gasteiger partial charge in [0.1, 0.15) is 0 Å². The van der Waals surface area contributed by atoms with Gasteiger partial charge >= 0.3 is 0 Å². The Morgan fingerprint density at radius 3 is 2.78 bits per heavy atom. The van der Waals surface area contributed by atoms with E-state index in [2.05, 4.69) is 31.0 Å². The van der Waals surface area contributed by atoms with Crippen molar-refractivity contribution in [1.29, 1.82) is 0 Å². The van der Waals surface area contributed by atoms with Crippen LogP contribution in [0.3, 0.4) is 0 Å². The molecule has 18 heavy (non-hydrogen) atoms. The van der Waals surface area contributed by atoms with E-state index in [4.69, 9.17) is 4.74 Å². The van der Waals surface area contributed by atoms with Gasteiger partial charge in [0.15, 0.2) is 0 Å². The van der Waals surface area contributed by atoms with Gasteiger partial charge in [-0.05, 0) is 25.3 Å². The molecule has 0 amide bonds. The maximum atomic E-state index is 5.93. The third-order valence-electron chi connectivity index (χ3n) is 4.27. The Labute approximate surface area is 112 Å². The smallest absolute Gasteiger partial charge is 0.0730 e. The molecule has 1 heterocycles. The van der Waals surface area contributed by atoms with Crippen molar-refractivity contribution < 1.29 is 4.74 Å². The molecule has 106 valence electrons. The van der Waals surface area contributed by atoms with Gasteiger partial charge in [-0.3, -0.25) is 4.90 Å². The lowest BCUT2D eigenvalue weighted by atomic mass is 9.89. The molecule has 1 saturated heterocycles. The van der Waals surface area contributed by atoms with E-state index in [-0.39, 0.29) is 0 Å². The first kappa shape index (κ1) is 14.3. The number of ether oxygens (including phenoxy) is 1. The highest BCUT2D eigenvalue weighted by molar-refractivity contribution is 4.88. The Kier molecular flexibility index (Phi) is 5.46. The van der Waals surface area contributed by atoms with Crippen LogP contribution < -0.4 is 5.32 Å². The summed E-state index contributed by atoms with van der Waals surface area (Å²) in [5.41, 5.74) is 0. The Morgan fingerprint density at radius 1 is 1.22 bits per heavy atom. The van der Waals surface area contributed by atoms with Crippen LogP contribution in [0, 0.1) is 5.92 Å². The fourth-order valence-electron chi connectivity index (χ4n) is 3.31. The summed E-state index contributed by atoms with van der Waals surface area (Å²) in [5, 5.41) is 3.55. The molecular formula is C15H30N2O. The second-order valence-corrected chi connectivity index (χ2v) is 6.42. The fraction of sp³-hybridized carbons (Fsp3) is 1.00. The molecule has 0 spiro atoms. The maximum Gasteiger partial charge on any atom is 0.0730 e. The highest BCUT2D eigenvalue weighted by atomic mass is 16.5. The maximum absolute atomic E-state index is 5.93. The molecule has 1 saturated carbocycles. The quantitative estimate of drug-likeness (QED) is 0.814. The predicted octanol–water partition coefficient (Wildman–Crippen LogP) is 2.26. The summed E-state index contributed by atoms with van der Waals surface area (Å²) < 4.78 is 5.93. The molecule has 3 nitrogen and oxygen atoms in total. The molecule has 2 aliphatic rings. The van der Waals surface area contributed by atoms with Gasteiger partial charge in [0.05, 0.1) is 12.7 Å².